The third-order valence-corrected chi connectivity index (χ3v) is 5.45. The second kappa shape index (κ2) is 8.48. The van der Waals surface area contributed by atoms with Gasteiger partial charge in [0.05, 0.1) is 11.4 Å². The maximum absolute atomic E-state index is 13.6. The summed E-state index contributed by atoms with van der Waals surface area (Å²) in [5, 5.41) is 14.7. The molecule has 2 aromatic carbocycles. The molecule has 0 aliphatic heterocycles. The number of aromatic nitrogens is 2. The lowest BCUT2D eigenvalue weighted by atomic mass is 10.2. The fraction of sp³-hybridized carbons (Fsp3) is 0.118. The van der Waals surface area contributed by atoms with Crippen molar-refractivity contribution in [2.24, 2.45) is 0 Å². The van der Waals surface area contributed by atoms with Gasteiger partial charge in [0.1, 0.15) is 5.82 Å². The summed E-state index contributed by atoms with van der Waals surface area (Å²) < 4.78 is 14.3. The highest BCUT2D eigenvalue weighted by molar-refractivity contribution is 8.01. The molecule has 0 radical (unpaired) electrons. The van der Waals surface area contributed by atoms with Crippen LogP contribution in [0.15, 0.2) is 46.8 Å². The first kappa shape index (κ1) is 18.6. The zero-order valence-corrected chi connectivity index (χ0v) is 16.0. The molecule has 3 rings (SSSR count). The lowest BCUT2D eigenvalue weighted by molar-refractivity contribution is -0.113. The molecule has 1 heterocycles. The number of hydrogen-bond acceptors (Lipinski definition) is 6. The molecule has 0 unspecified atom stereocenters. The molecule has 0 saturated heterocycles. The van der Waals surface area contributed by atoms with Gasteiger partial charge in [0.25, 0.3) is 0 Å². The monoisotopic (exact) mass is 408 g/mol. The first-order valence-electron chi connectivity index (χ1n) is 7.54. The largest absolute Gasteiger partial charge is 0.330 e. The number of carbonyl (C=O) groups is 1. The van der Waals surface area contributed by atoms with Crippen LogP contribution in [0.25, 0.3) is 0 Å². The van der Waals surface area contributed by atoms with Crippen LogP contribution in [0, 0.1) is 12.7 Å². The van der Waals surface area contributed by atoms with Crippen LogP contribution < -0.4 is 10.6 Å². The van der Waals surface area contributed by atoms with Gasteiger partial charge >= 0.3 is 0 Å². The standard InChI is InChI=1S/C17H14ClFN4OS2/c1-10-2-5-12(6-3-10)20-16-22-23-17(26-16)25-9-15(24)21-14-8-11(18)4-7-13(14)19/h2-8H,9H2,1H3,(H,20,22)(H,21,24). The molecule has 5 nitrogen and oxygen atoms in total. The maximum atomic E-state index is 13.6. The normalized spacial score (nSPS) is 10.6. The number of benzene rings is 2. The van der Waals surface area contributed by atoms with Gasteiger partial charge in [-0.1, -0.05) is 52.4 Å². The highest BCUT2D eigenvalue weighted by Gasteiger charge is 2.11. The molecule has 0 atom stereocenters. The van der Waals surface area contributed by atoms with Gasteiger partial charge in [-0.05, 0) is 37.3 Å². The maximum Gasteiger partial charge on any atom is 0.234 e. The van der Waals surface area contributed by atoms with Crippen molar-refractivity contribution in [3.63, 3.8) is 0 Å². The molecular formula is C17H14ClFN4OS2. The van der Waals surface area contributed by atoms with Crippen LogP contribution >= 0.6 is 34.7 Å². The quantitative estimate of drug-likeness (QED) is 0.554. The Morgan fingerprint density at radius 2 is 2.00 bits per heavy atom. The van der Waals surface area contributed by atoms with Gasteiger partial charge in [0.15, 0.2) is 4.34 Å². The van der Waals surface area contributed by atoms with Crippen LogP contribution in [-0.4, -0.2) is 21.9 Å². The minimum Gasteiger partial charge on any atom is -0.330 e. The van der Waals surface area contributed by atoms with Crippen molar-refractivity contribution >= 4 is 57.1 Å². The Balaban J connectivity index is 1.53. The summed E-state index contributed by atoms with van der Waals surface area (Å²) in [6.45, 7) is 2.02. The first-order valence-corrected chi connectivity index (χ1v) is 9.72. The van der Waals surface area contributed by atoms with Gasteiger partial charge in [-0.15, -0.1) is 10.2 Å². The Morgan fingerprint density at radius 1 is 1.23 bits per heavy atom. The third-order valence-electron chi connectivity index (χ3n) is 3.24. The highest BCUT2D eigenvalue weighted by Crippen LogP contribution is 2.28. The number of nitrogens with one attached hydrogen (secondary N) is 2. The van der Waals surface area contributed by atoms with E-state index < -0.39 is 5.82 Å². The van der Waals surface area contributed by atoms with Crippen LogP contribution in [-0.2, 0) is 4.79 Å². The van der Waals surface area contributed by atoms with Crippen LogP contribution in [0.1, 0.15) is 5.56 Å². The third kappa shape index (κ3) is 5.17. The Hall–Kier alpha value is -2.16. The fourth-order valence-electron chi connectivity index (χ4n) is 1.99. The van der Waals surface area contributed by atoms with Crippen LogP contribution in [0.2, 0.25) is 5.02 Å². The topological polar surface area (TPSA) is 66.9 Å². The average molecular weight is 409 g/mol. The van der Waals surface area contributed by atoms with Crippen LogP contribution in [0.4, 0.5) is 20.9 Å². The average Bonchev–Trinajstić information content (AvgIpc) is 3.06. The summed E-state index contributed by atoms with van der Waals surface area (Å²) in [6.07, 6.45) is 0. The van der Waals surface area contributed by atoms with Crippen molar-refractivity contribution in [3.8, 4) is 0 Å². The molecule has 26 heavy (non-hydrogen) atoms. The smallest absolute Gasteiger partial charge is 0.234 e. The Kier molecular flexibility index (Phi) is 6.08. The summed E-state index contributed by atoms with van der Waals surface area (Å²) in [4.78, 5) is 12.0. The van der Waals surface area contributed by atoms with E-state index in [1.165, 1.54) is 46.9 Å². The Bertz CT molecular complexity index is 917. The summed E-state index contributed by atoms with van der Waals surface area (Å²) in [5.41, 5.74) is 2.14. The second-order valence-corrected chi connectivity index (χ2v) is 7.96. The van der Waals surface area contributed by atoms with E-state index in [1.54, 1.807) is 0 Å². The van der Waals surface area contributed by atoms with E-state index in [-0.39, 0.29) is 17.3 Å². The van der Waals surface area contributed by atoms with Crippen molar-refractivity contribution in [1.29, 1.82) is 0 Å². The molecule has 9 heteroatoms. The van der Waals surface area contributed by atoms with Crippen molar-refractivity contribution in [1.82, 2.24) is 10.2 Å². The predicted molar refractivity (Wildman–Crippen MR) is 105 cm³/mol. The van der Waals surface area contributed by atoms with E-state index >= 15 is 0 Å². The number of hydrogen-bond donors (Lipinski definition) is 2. The molecule has 1 aromatic heterocycles. The van der Waals surface area contributed by atoms with E-state index in [0.29, 0.717) is 14.5 Å². The fourth-order valence-corrected chi connectivity index (χ4v) is 3.73. The van der Waals surface area contributed by atoms with Gasteiger partial charge in [-0.3, -0.25) is 4.79 Å². The zero-order valence-electron chi connectivity index (χ0n) is 13.6. The lowest BCUT2D eigenvalue weighted by Gasteiger charge is -2.05. The minimum absolute atomic E-state index is 0.0575. The molecule has 0 spiro atoms. The van der Waals surface area contributed by atoms with E-state index in [9.17, 15) is 9.18 Å². The van der Waals surface area contributed by atoms with Gasteiger partial charge < -0.3 is 10.6 Å². The van der Waals surface area contributed by atoms with E-state index in [4.69, 9.17) is 11.6 Å². The minimum atomic E-state index is -0.534. The summed E-state index contributed by atoms with van der Waals surface area (Å²) >= 11 is 8.37. The summed E-state index contributed by atoms with van der Waals surface area (Å²) in [5.74, 6) is -0.793. The summed E-state index contributed by atoms with van der Waals surface area (Å²) in [7, 11) is 0. The molecule has 0 fully saturated rings. The zero-order chi connectivity index (χ0) is 18.5. The molecule has 0 saturated carbocycles. The van der Waals surface area contributed by atoms with Gasteiger partial charge in [-0.25, -0.2) is 4.39 Å². The van der Waals surface area contributed by atoms with Crippen LogP contribution in [0.5, 0.6) is 0 Å². The molecule has 0 aliphatic rings. The number of aryl methyl sites for hydroxylation is 1. The highest BCUT2D eigenvalue weighted by atomic mass is 35.5. The number of halogens is 2. The van der Waals surface area contributed by atoms with Gasteiger partial charge in [0.2, 0.25) is 11.0 Å². The number of amides is 1. The van der Waals surface area contributed by atoms with Gasteiger partial charge in [0, 0.05) is 10.7 Å². The Labute approximate surface area is 163 Å². The number of rotatable bonds is 6. The molecule has 3 aromatic rings. The molecule has 0 bridgehead atoms. The molecular weight excluding hydrogens is 395 g/mol. The number of nitrogens with zero attached hydrogens (tertiary/aromatic N) is 2. The summed E-state index contributed by atoms with van der Waals surface area (Å²) in [6, 6.07) is 11.9. The van der Waals surface area contributed by atoms with E-state index in [0.717, 1.165) is 5.69 Å². The van der Waals surface area contributed by atoms with Crippen molar-refractivity contribution < 1.29 is 9.18 Å². The Morgan fingerprint density at radius 3 is 2.77 bits per heavy atom. The molecule has 1 amide bonds. The van der Waals surface area contributed by atoms with Crippen molar-refractivity contribution in [2.45, 2.75) is 11.3 Å². The van der Waals surface area contributed by atoms with Crippen molar-refractivity contribution in [2.75, 3.05) is 16.4 Å². The van der Waals surface area contributed by atoms with Gasteiger partial charge in [-0.2, -0.15) is 0 Å². The molecule has 134 valence electrons. The number of thioether (sulfide) groups is 1. The SMILES string of the molecule is Cc1ccc(Nc2nnc(SCC(=O)Nc3cc(Cl)ccc3F)s2)cc1. The molecule has 0 aliphatic carbocycles. The molecule has 2 N–H and O–H groups in total. The first-order chi connectivity index (χ1) is 12.5. The number of carbonyl (C=O) groups excluding carboxylic acids is 1. The lowest BCUT2D eigenvalue weighted by Crippen LogP contribution is -2.15. The second-order valence-electron chi connectivity index (χ2n) is 5.33. The van der Waals surface area contributed by atoms with E-state index in [2.05, 4.69) is 20.8 Å². The van der Waals surface area contributed by atoms with E-state index in [1.807, 2.05) is 31.2 Å². The predicted octanol–water partition coefficient (Wildman–Crippen LogP) is 5.11. The van der Waals surface area contributed by atoms with Crippen LogP contribution in [0.3, 0.4) is 0 Å². The van der Waals surface area contributed by atoms with Crippen molar-refractivity contribution in [3.05, 3.63) is 58.9 Å². The number of anilines is 3.